The van der Waals surface area contributed by atoms with Gasteiger partial charge in [0.25, 0.3) is 0 Å². The minimum Gasteiger partial charge on any atom is -0.462 e. The van der Waals surface area contributed by atoms with Gasteiger partial charge in [-0.25, -0.2) is 0 Å². The first-order chi connectivity index (χ1) is 24.4. The van der Waals surface area contributed by atoms with E-state index in [0.717, 1.165) is 50.9 Å². The highest BCUT2D eigenvalue weighted by molar-refractivity contribution is 5.70. The van der Waals surface area contributed by atoms with E-state index >= 15 is 0 Å². The summed E-state index contributed by atoms with van der Waals surface area (Å²) in [6.07, 6.45) is 45.7. The van der Waals surface area contributed by atoms with Crippen molar-refractivity contribution in [3.05, 3.63) is 72.9 Å². The molecule has 0 rings (SSSR count). The van der Waals surface area contributed by atoms with Gasteiger partial charge in [0.05, 0.1) is 12.7 Å². The normalized spacial score (nSPS) is 13.7. The van der Waals surface area contributed by atoms with Crippen LogP contribution >= 0.6 is 0 Å². The average Bonchev–Trinajstić information content (AvgIpc) is 3.10. The van der Waals surface area contributed by atoms with E-state index in [1.165, 1.54) is 70.6 Å². The summed E-state index contributed by atoms with van der Waals surface area (Å²) in [5, 5.41) is 19.6. The summed E-state index contributed by atoms with van der Waals surface area (Å²) < 4.78 is 10.5. The summed E-state index contributed by atoms with van der Waals surface area (Å²) in [5.74, 6) is 0.0603. The number of carbonyl (C=O) groups excluding carboxylic acids is 2. The van der Waals surface area contributed by atoms with Crippen molar-refractivity contribution in [2.24, 2.45) is 5.92 Å². The van der Waals surface area contributed by atoms with Gasteiger partial charge in [-0.1, -0.05) is 177 Å². The van der Waals surface area contributed by atoms with E-state index in [1.54, 1.807) is 6.08 Å². The molecule has 0 fully saturated rings. The number of unbranched alkanes of at least 4 members (excludes halogenated alkanes) is 12. The highest BCUT2D eigenvalue weighted by atomic mass is 16.6. The van der Waals surface area contributed by atoms with Crippen LogP contribution in [0.15, 0.2) is 72.9 Å². The Balaban J connectivity index is 3.79. The molecular formula is C44H74O6. The van der Waals surface area contributed by atoms with E-state index in [0.29, 0.717) is 19.3 Å². The van der Waals surface area contributed by atoms with Crippen LogP contribution in [-0.2, 0) is 19.1 Å². The first kappa shape index (κ1) is 47.3. The van der Waals surface area contributed by atoms with Gasteiger partial charge in [0.1, 0.15) is 6.61 Å². The molecule has 2 N–H and O–H groups in total. The smallest absolute Gasteiger partial charge is 0.306 e. The third-order valence-corrected chi connectivity index (χ3v) is 8.29. The molecule has 0 aliphatic heterocycles. The van der Waals surface area contributed by atoms with Gasteiger partial charge >= 0.3 is 11.9 Å². The molecule has 0 aromatic carbocycles. The Labute approximate surface area is 306 Å². The summed E-state index contributed by atoms with van der Waals surface area (Å²) in [7, 11) is 0. The predicted molar refractivity (Wildman–Crippen MR) is 211 cm³/mol. The van der Waals surface area contributed by atoms with Crippen LogP contribution < -0.4 is 0 Å². The van der Waals surface area contributed by atoms with Crippen molar-refractivity contribution in [1.29, 1.82) is 0 Å². The molecule has 0 aromatic rings. The molecule has 286 valence electrons. The summed E-state index contributed by atoms with van der Waals surface area (Å²) in [6.45, 7) is 6.21. The van der Waals surface area contributed by atoms with Crippen LogP contribution in [0.1, 0.15) is 162 Å². The minimum atomic E-state index is -0.856. The first-order valence-electron chi connectivity index (χ1n) is 20.0. The molecule has 1 unspecified atom stereocenters. The number of rotatable bonds is 34. The SMILES string of the molecule is CC/C=C\C/C=C\C/C=C\C/C=C\C=C/C(O)C/C=C\CCC(=O)O[C@@H](CO)COC(=O)CCCCCCCCCCCCCCCC(C)C. The van der Waals surface area contributed by atoms with Gasteiger partial charge in [0.15, 0.2) is 6.10 Å². The van der Waals surface area contributed by atoms with Crippen molar-refractivity contribution in [2.45, 2.75) is 174 Å². The van der Waals surface area contributed by atoms with Crippen LogP contribution in [0.2, 0.25) is 0 Å². The standard InChI is InChI=1S/C44H74O6/c1-4-5-6-7-8-9-10-12-16-19-22-25-29-34-41(46)35-30-27-32-37-44(48)50-42(38-45)39-49-43(47)36-31-26-23-20-17-14-11-13-15-18-21-24-28-33-40(2)3/h5-6,8-9,12,16,22,25,27,29-30,34,40-42,45-46H,4,7,10-11,13-15,17-21,23-24,26,28,31-33,35-39H2,1-3H3/b6-5-,9-8-,16-12-,25-22-,30-27-,34-29-/t41?,42-/m0/s1. The molecule has 0 aliphatic rings. The van der Waals surface area contributed by atoms with Crippen LogP contribution in [0.3, 0.4) is 0 Å². The molecular weight excluding hydrogens is 624 g/mol. The van der Waals surface area contributed by atoms with Gasteiger partial charge in [-0.2, -0.15) is 0 Å². The Kier molecular flexibility index (Phi) is 35.5. The minimum absolute atomic E-state index is 0.132. The van der Waals surface area contributed by atoms with Gasteiger partial charge < -0.3 is 19.7 Å². The molecule has 0 spiro atoms. The summed E-state index contributed by atoms with van der Waals surface area (Å²) in [5.41, 5.74) is 0. The van der Waals surface area contributed by atoms with Gasteiger partial charge in [-0.15, -0.1) is 0 Å². The molecule has 0 bridgehead atoms. The van der Waals surface area contributed by atoms with Crippen LogP contribution in [0.25, 0.3) is 0 Å². The van der Waals surface area contributed by atoms with Crippen LogP contribution in [0.4, 0.5) is 0 Å². The molecule has 6 heteroatoms. The lowest BCUT2D eigenvalue weighted by atomic mass is 10.0. The maximum atomic E-state index is 12.2. The van der Waals surface area contributed by atoms with Crippen LogP contribution in [-0.4, -0.2) is 47.6 Å². The quantitative estimate of drug-likeness (QED) is 0.0301. The monoisotopic (exact) mass is 699 g/mol. The molecule has 50 heavy (non-hydrogen) atoms. The van der Waals surface area contributed by atoms with Crippen molar-refractivity contribution in [1.82, 2.24) is 0 Å². The van der Waals surface area contributed by atoms with Crippen molar-refractivity contribution in [2.75, 3.05) is 13.2 Å². The number of ether oxygens (including phenoxy) is 2. The van der Waals surface area contributed by atoms with Crippen molar-refractivity contribution >= 4 is 11.9 Å². The third kappa shape index (κ3) is 36.6. The second-order valence-electron chi connectivity index (χ2n) is 13.7. The molecule has 2 atom stereocenters. The molecule has 0 amide bonds. The molecule has 0 saturated heterocycles. The van der Waals surface area contributed by atoms with E-state index in [9.17, 15) is 19.8 Å². The second-order valence-corrected chi connectivity index (χ2v) is 13.7. The third-order valence-electron chi connectivity index (χ3n) is 8.29. The van der Waals surface area contributed by atoms with Crippen LogP contribution in [0.5, 0.6) is 0 Å². The van der Waals surface area contributed by atoms with Gasteiger partial charge in [0, 0.05) is 12.8 Å². The fourth-order valence-electron chi connectivity index (χ4n) is 5.26. The number of aliphatic hydroxyl groups excluding tert-OH is 2. The Hall–Kier alpha value is -2.70. The lowest BCUT2D eigenvalue weighted by Gasteiger charge is -2.15. The summed E-state index contributed by atoms with van der Waals surface area (Å²) in [6, 6.07) is 0. The first-order valence-corrected chi connectivity index (χ1v) is 20.0. The van der Waals surface area contributed by atoms with E-state index in [2.05, 4.69) is 57.2 Å². The average molecular weight is 699 g/mol. The molecule has 0 saturated carbocycles. The van der Waals surface area contributed by atoms with Gasteiger partial charge in [-0.3, -0.25) is 9.59 Å². The van der Waals surface area contributed by atoms with Crippen molar-refractivity contribution in [3.8, 4) is 0 Å². The maximum absolute atomic E-state index is 12.2. The zero-order chi connectivity index (χ0) is 36.8. The Morgan fingerprint density at radius 1 is 0.620 bits per heavy atom. The van der Waals surface area contributed by atoms with E-state index in [-0.39, 0.29) is 19.0 Å². The number of hydrogen-bond acceptors (Lipinski definition) is 6. The largest absolute Gasteiger partial charge is 0.462 e. The number of hydrogen-bond donors (Lipinski definition) is 2. The Morgan fingerprint density at radius 2 is 1.16 bits per heavy atom. The summed E-state index contributed by atoms with van der Waals surface area (Å²) >= 11 is 0. The second kappa shape index (κ2) is 37.6. The zero-order valence-corrected chi connectivity index (χ0v) is 32.2. The number of allylic oxidation sites excluding steroid dienone is 10. The number of esters is 2. The molecule has 0 aromatic heterocycles. The lowest BCUT2D eigenvalue weighted by molar-refractivity contribution is -0.161. The van der Waals surface area contributed by atoms with E-state index < -0.39 is 24.8 Å². The molecule has 0 heterocycles. The van der Waals surface area contributed by atoms with Crippen molar-refractivity contribution in [3.63, 3.8) is 0 Å². The van der Waals surface area contributed by atoms with Gasteiger partial charge in [0.2, 0.25) is 0 Å². The van der Waals surface area contributed by atoms with E-state index in [4.69, 9.17) is 9.47 Å². The highest BCUT2D eigenvalue weighted by Crippen LogP contribution is 2.15. The fourth-order valence-corrected chi connectivity index (χ4v) is 5.26. The highest BCUT2D eigenvalue weighted by Gasteiger charge is 2.15. The maximum Gasteiger partial charge on any atom is 0.306 e. The van der Waals surface area contributed by atoms with E-state index in [1.807, 2.05) is 30.4 Å². The topological polar surface area (TPSA) is 93.1 Å². The summed E-state index contributed by atoms with van der Waals surface area (Å²) in [4.78, 5) is 24.3. The zero-order valence-electron chi connectivity index (χ0n) is 32.2. The molecule has 6 nitrogen and oxygen atoms in total. The Morgan fingerprint density at radius 3 is 1.72 bits per heavy atom. The van der Waals surface area contributed by atoms with Crippen molar-refractivity contribution < 1.29 is 29.3 Å². The predicted octanol–water partition coefficient (Wildman–Crippen LogP) is 11.4. The molecule has 0 aliphatic carbocycles. The number of carbonyl (C=O) groups is 2. The fraction of sp³-hybridized carbons (Fsp3) is 0.682. The molecule has 0 radical (unpaired) electrons. The van der Waals surface area contributed by atoms with Gasteiger partial charge in [-0.05, 0) is 50.9 Å². The number of aliphatic hydroxyl groups is 2. The van der Waals surface area contributed by atoms with Crippen LogP contribution in [0, 0.1) is 5.92 Å². The lowest BCUT2D eigenvalue weighted by Crippen LogP contribution is -2.28. The Bertz CT molecular complexity index is 958.